The second-order valence-electron chi connectivity index (χ2n) is 7.44. The number of phenolic OH excluding ortho intramolecular Hbond substituents is 1. The van der Waals surface area contributed by atoms with E-state index in [1.807, 2.05) is 0 Å². The highest BCUT2D eigenvalue weighted by atomic mass is 19.4. The van der Waals surface area contributed by atoms with Crippen LogP contribution >= 0.6 is 0 Å². The first-order valence-electron chi connectivity index (χ1n) is 10.1. The highest BCUT2D eigenvalue weighted by Crippen LogP contribution is 2.26. The number of carbonyl (C=O) groups excluding carboxylic acids is 3. The minimum absolute atomic E-state index is 0.0309. The third-order valence-electron chi connectivity index (χ3n) is 4.96. The molecule has 1 amide bonds. The molecule has 0 radical (unpaired) electrons. The Balaban J connectivity index is 1.78. The zero-order chi connectivity index (χ0) is 24.9. The molecule has 3 N–H and O–H groups in total. The second-order valence-corrected chi connectivity index (χ2v) is 7.44. The topological polar surface area (TPSA) is 114 Å². The fourth-order valence-electron chi connectivity index (χ4n) is 3.28. The average molecular weight is 484 g/mol. The van der Waals surface area contributed by atoms with Gasteiger partial charge < -0.3 is 25.2 Å². The average Bonchev–Trinajstić information content (AvgIpc) is 2.99. The van der Waals surface area contributed by atoms with E-state index in [1.165, 1.54) is 24.3 Å². The summed E-state index contributed by atoms with van der Waals surface area (Å²) in [5.74, 6) is -6.12. The monoisotopic (exact) mass is 484 g/mol. The Morgan fingerprint density at radius 3 is 2.47 bits per heavy atom. The van der Waals surface area contributed by atoms with Gasteiger partial charge in [0, 0.05) is 12.1 Å². The van der Waals surface area contributed by atoms with Crippen LogP contribution in [0, 0.1) is 5.82 Å². The number of ether oxygens (including phenoxy) is 2. The van der Waals surface area contributed by atoms with Gasteiger partial charge in [0.2, 0.25) is 0 Å². The van der Waals surface area contributed by atoms with E-state index in [0.717, 1.165) is 6.07 Å². The molecule has 1 fully saturated rings. The van der Waals surface area contributed by atoms with Crippen LogP contribution in [0.3, 0.4) is 0 Å². The van der Waals surface area contributed by atoms with Crippen molar-refractivity contribution >= 4 is 17.8 Å². The van der Waals surface area contributed by atoms with Gasteiger partial charge in [0.25, 0.3) is 5.91 Å². The van der Waals surface area contributed by atoms with Crippen molar-refractivity contribution in [2.24, 2.45) is 0 Å². The maximum atomic E-state index is 13.7. The second kappa shape index (κ2) is 10.5. The van der Waals surface area contributed by atoms with Crippen LogP contribution in [-0.4, -0.2) is 54.4 Å². The summed E-state index contributed by atoms with van der Waals surface area (Å²) in [6.07, 6.45) is -5.42. The van der Waals surface area contributed by atoms with Gasteiger partial charge in [0.15, 0.2) is 0 Å². The molecule has 1 heterocycles. The molecule has 2 aromatic rings. The fourth-order valence-corrected chi connectivity index (χ4v) is 3.28. The molecule has 12 heteroatoms. The molecule has 0 aromatic heterocycles. The van der Waals surface area contributed by atoms with Crippen LogP contribution in [-0.2, 0) is 9.53 Å². The third kappa shape index (κ3) is 6.44. The van der Waals surface area contributed by atoms with Crippen LogP contribution in [0.25, 0.3) is 0 Å². The van der Waals surface area contributed by atoms with Gasteiger partial charge in [0.1, 0.15) is 29.0 Å². The summed E-state index contributed by atoms with van der Waals surface area (Å²) in [5.41, 5.74) is -0.475. The van der Waals surface area contributed by atoms with Crippen molar-refractivity contribution < 1.29 is 46.5 Å². The molecule has 0 aliphatic carbocycles. The first-order valence-corrected chi connectivity index (χ1v) is 10.1. The van der Waals surface area contributed by atoms with E-state index in [9.17, 15) is 37.1 Å². The quantitative estimate of drug-likeness (QED) is 0.340. The SMILES string of the molecule is O=C(N[C@@H]1CNCCC[C@H]1OC(=O)c1cc(F)ccc1OC(=O)C(F)(F)F)c1ccc(O)cc1. The van der Waals surface area contributed by atoms with E-state index in [2.05, 4.69) is 15.4 Å². The minimum Gasteiger partial charge on any atom is -0.508 e. The van der Waals surface area contributed by atoms with Gasteiger partial charge in [-0.2, -0.15) is 13.2 Å². The molecule has 0 saturated carbocycles. The van der Waals surface area contributed by atoms with Crippen molar-refractivity contribution in [1.82, 2.24) is 10.6 Å². The van der Waals surface area contributed by atoms with Gasteiger partial charge >= 0.3 is 18.1 Å². The van der Waals surface area contributed by atoms with Crippen LogP contribution in [0.1, 0.15) is 33.6 Å². The standard InChI is InChI=1S/C22H20F4N2O6/c23-13-5-8-17(34-21(32)22(24,25)26)15(10-13)20(31)33-18-2-1-9-27-11-16(18)28-19(30)12-3-6-14(29)7-4-12/h3-8,10,16,18,27,29H,1-2,9,11H2,(H,28,30)/t16-,18-/m1/s1. The summed E-state index contributed by atoms with van der Waals surface area (Å²) >= 11 is 0. The third-order valence-corrected chi connectivity index (χ3v) is 4.96. The maximum absolute atomic E-state index is 13.7. The Kier molecular flexibility index (Phi) is 7.72. The van der Waals surface area contributed by atoms with Crippen molar-refractivity contribution in [3.63, 3.8) is 0 Å². The predicted molar refractivity (Wildman–Crippen MR) is 109 cm³/mol. The van der Waals surface area contributed by atoms with E-state index in [-0.39, 0.29) is 24.3 Å². The van der Waals surface area contributed by atoms with Crippen LogP contribution in [0.4, 0.5) is 17.6 Å². The number of benzene rings is 2. The first-order chi connectivity index (χ1) is 16.0. The van der Waals surface area contributed by atoms with E-state index in [4.69, 9.17) is 4.74 Å². The number of nitrogens with one attached hydrogen (secondary N) is 2. The number of alkyl halides is 3. The molecule has 182 valence electrons. The number of halogens is 4. The van der Waals surface area contributed by atoms with Crippen molar-refractivity contribution in [2.75, 3.05) is 13.1 Å². The van der Waals surface area contributed by atoms with E-state index in [0.29, 0.717) is 25.1 Å². The summed E-state index contributed by atoms with van der Waals surface area (Å²) in [5, 5.41) is 15.1. The molecular weight excluding hydrogens is 464 g/mol. The molecule has 8 nitrogen and oxygen atoms in total. The molecule has 0 spiro atoms. The Bertz CT molecular complexity index is 1060. The smallest absolute Gasteiger partial charge is 0.491 e. The largest absolute Gasteiger partial charge is 0.508 e. The lowest BCUT2D eigenvalue weighted by Crippen LogP contribution is -2.49. The molecule has 1 aliphatic rings. The van der Waals surface area contributed by atoms with Crippen LogP contribution in [0.15, 0.2) is 42.5 Å². The van der Waals surface area contributed by atoms with Crippen molar-refractivity contribution in [3.05, 3.63) is 59.4 Å². The molecule has 2 aromatic carbocycles. The highest BCUT2D eigenvalue weighted by Gasteiger charge is 2.42. The van der Waals surface area contributed by atoms with Crippen molar-refractivity contribution in [2.45, 2.75) is 31.2 Å². The summed E-state index contributed by atoms with van der Waals surface area (Å²) in [6.45, 7) is 0.759. The zero-order valence-corrected chi connectivity index (χ0v) is 17.5. The Morgan fingerprint density at radius 2 is 1.79 bits per heavy atom. The van der Waals surface area contributed by atoms with Gasteiger partial charge in [-0.3, -0.25) is 4.79 Å². The molecule has 0 unspecified atom stereocenters. The number of esters is 2. The molecule has 34 heavy (non-hydrogen) atoms. The maximum Gasteiger partial charge on any atom is 0.491 e. The lowest BCUT2D eigenvalue weighted by Gasteiger charge is -2.26. The van der Waals surface area contributed by atoms with Crippen LogP contribution < -0.4 is 15.4 Å². The number of rotatable bonds is 5. The number of amides is 1. The van der Waals surface area contributed by atoms with Crippen molar-refractivity contribution in [1.29, 1.82) is 0 Å². The summed E-state index contributed by atoms with van der Waals surface area (Å²) in [4.78, 5) is 36.5. The molecule has 2 atom stereocenters. The molecular formula is C22H20F4N2O6. The van der Waals surface area contributed by atoms with Gasteiger partial charge in [-0.1, -0.05) is 0 Å². The normalized spacial score (nSPS) is 18.5. The predicted octanol–water partition coefficient (Wildman–Crippen LogP) is 2.71. The summed E-state index contributed by atoms with van der Waals surface area (Å²) in [7, 11) is 0. The Hall–Kier alpha value is -3.67. The Labute approximate surface area is 190 Å². The van der Waals surface area contributed by atoms with Crippen LogP contribution in [0.5, 0.6) is 11.5 Å². The van der Waals surface area contributed by atoms with Crippen molar-refractivity contribution in [3.8, 4) is 11.5 Å². The number of hydrogen-bond acceptors (Lipinski definition) is 7. The molecule has 1 aliphatic heterocycles. The van der Waals surface area contributed by atoms with Gasteiger partial charge in [-0.15, -0.1) is 0 Å². The van der Waals surface area contributed by atoms with Gasteiger partial charge in [-0.25, -0.2) is 14.0 Å². The Morgan fingerprint density at radius 1 is 1.09 bits per heavy atom. The molecule has 0 bridgehead atoms. The fraction of sp³-hybridized carbons (Fsp3) is 0.318. The summed E-state index contributed by atoms with van der Waals surface area (Å²) < 4.78 is 61.1. The molecule has 3 rings (SSSR count). The number of carbonyl (C=O) groups is 3. The zero-order valence-electron chi connectivity index (χ0n) is 17.5. The first kappa shape index (κ1) is 25.0. The van der Waals surface area contributed by atoms with E-state index < -0.39 is 53.3 Å². The van der Waals surface area contributed by atoms with Gasteiger partial charge in [-0.05, 0) is 61.9 Å². The van der Waals surface area contributed by atoms with Crippen LogP contribution in [0.2, 0.25) is 0 Å². The molecule has 1 saturated heterocycles. The lowest BCUT2D eigenvalue weighted by atomic mass is 10.1. The van der Waals surface area contributed by atoms with E-state index in [1.54, 1.807) is 0 Å². The lowest BCUT2D eigenvalue weighted by molar-refractivity contribution is -0.189. The number of phenols is 1. The van der Waals surface area contributed by atoms with Gasteiger partial charge in [0.05, 0.1) is 6.04 Å². The van der Waals surface area contributed by atoms with E-state index >= 15 is 0 Å². The summed E-state index contributed by atoms with van der Waals surface area (Å²) in [6, 6.07) is 6.74. The number of aromatic hydroxyl groups is 1. The highest BCUT2D eigenvalue weighted by molar-refractivity contribution is 5.95. The minimum atomic E-state index is -5.33. The number of hydrogen-bond donors (Lipinski definition) is 3.